The average Bonchev–Trinajstić information content (AvgIpc) is 3.07. The zero-order valence-corrected chi connectivity index (χ0v) is 22.0. The molecule has 0 saturated carbocycles. The van der Waals surface area contributed by atoms with Crippen molar-refractivity contribution in [1.29, 1.82) is 0 Å². The number of hydrogen-bond donors (Lipinski definition) is 6. The molecule has 168 valence electrons. The number of imidazole rings is 1. The van der Waals surface area contributed by atoms with Gasteiger partial charge in [0.05, 0.1) is 12.9 Å². The second-order valence-electron chi connectivity index (χ2n) is 5.47. The number of nitrogen functional groups attached to an aromatic ring is 1. The molecule has 0 aromatic carbocycles. The molecule has 0 amide bonds. The standard InChI is InChI=1S/C10H15N5O10P2.2Na.2H2O/c11-8-5-9(13-2-12-8)15(3-14-5)10-7(17)6(16)4(24-10)1-23-27(21,22)25-26(18,19)20;;;;/h2-4,6-7,10,16-17H,1H2,(H,21,22)(H2,11,12,13)(H2,18,19,20);;;2*1H2/t4-,6-,7-,10-;;;;/m1..../s1. The first kappa shape index (κ1) is 33.6. The molecule has 21 heteroatoms. The molecule has 2 aromatic heterocycles. The number of aliphatic hydroxyl groups excluding tert-OH is 2. The maximum Gasteiger partial charge on any atom is 0.481 e. The second-order valence-corrected chi connectivity index (χ2v) is 8.30. The quantitative estimate of drug-likeness (QED) is 0.159. The van der Waals surface area contributed by atoms with Crippen LogP contribution in [0.1, 0.15) is 6.23 Å². The number of phosphoric acid groups is 2. The van der Waals surface area contributed by atoms with E-state index in [1.807, 2.05) is 0 Å². The molecule has 1 aliphatic rings. The van der Waals surface area contributed by atoms with Crippen LogP contribution in [-0.2, 0) is 22.7 Å². The summed E-state index contributed by atoms with van der Waals surface area (Å²) >= 11 is 0. The van der Waals surface area contributed by atoms with Crippen LogP contribution in [0.15, 0.2) is 12.7 Å². The molecule has 1 aliphatic heterocycles. The summed E-state index contributed by atoms with van der Waals surface area (Å²) in [4.78, 5) is 38.1. The zero-order valence-electron chi connectivity index (χ0n) is 16.2. The summed E-state index contributed by atoms with van der Waals surface area (Å²) < 4.78 is 36.8. The summed E-state index contributed by atoms with van der Waals surface area (Å²) in [6.45, 7) is -0.813. The number of aliphatic hydroxyl groups is 2. The molecular formula is C10H19N5Na2O12P2. The van der Waals surface area contributed by atoms with Crippen molar-refractivity contribution in [2.24, 2.45) is 0 Å². The average molecular weight is 509 g/mol. The van der Waals surface area contributed by atoms with Crippen LogP contribution in [0.4, 0.5) is 5.82 Å². The number of hydrogen-bond acceptors (Lipinski definition) is 11. The van der Waals surface area contributed by atoms with Crippen LogP contribution in [-0.4, -0.2) is 139 Å². The smallest absolute Gasteiger partial charge is 0.412 e. The SMILES string of the molecule is Nc1ncnc2c1ncn2[C@@H]1O[C@H](COP(=O)(O)OP(=O)(O)O)[C@@H](O)[C@H]1O.O.O.[Na].[Na]. The van der Waals surface area contributed by atoms with E-state index in [1.54, 1.807) is 0 Å². The van der Waals surface area contributed by atoms with Crippen molar-refractivity contribution in [3.05, 3.63) is 12.7 Å². The van der Waals surface area contributed by atoms with Crippen molar-refractivity contribution in [1.82, 2.24) is 19.5 Å². The molecular weight excluding hydrogens is 490 g/mol. The summed E-state index contributed by atoms with van der Waals surface area (Å²) in [5.41, 5.74) is 6.11. The molecule has 2 radical (unpaired) electrons. The van der Waals surface area contributed by atoms with Crippen molar-refractivity contribution in [2.45, 2.75) is 24.5 Å². The van der Waals surface area contributed by atoms with Gasteiger partial charge >= 0.3 is 15.6 Å². The van der Waals surface area contributed by atoms with Crippen molar-refractivity contribution >= 4 is 91.7 Å². The van der Waals surface area contributed by atoms with E-state index in [2.05, 4.69) is 23.8 Å². The van der Waals surface area contributed by atoms with Crippen LogP contribution in [0.3, 0.4) is 0 Å². The van der Waals surface area contributed by atoms with Gasteiger partial charge in [0.1, 0.15) is 30.2 Å². The van der Waals surface area contributed by atoms with Gasteiger partial charge in [0.15, 0.2) is 17.7 Å². The Kier molecular flexibility index (Phi) is 13.8. The minimum absolute atomic E-state index is 0. The first-order chi connectivity index (χ1) is 12.5. The normalized spacial score (nSPS) is 24.8. The van der Waals surface area contributed by atoms with Gasteiger partial charge in [-0.1, -0.05) is 0 Å². The van der Waals surface area contributed by atoms with E-state index in [4.69, 9.17) is 20.3 Å². The number of fused-ring (bicyclic) bond motifs is 1. The second kappa shape index (κ2) is 12.8. The van der Waals surface area contributed by atoms with Gasteiger partial charge < -0.3 is 46.3 Å². The van der Waals surface area contributed by atoms with Gasteiger partial charge in [0.2, 0.25) is 0 Å². The van der Waals surface area contributed by atoms with Gasteiger partial charge in [-0.05, 0) is 0 Å². The predicted molar refractivity (Wildman–Crippen MR) is 103 cm³/mol. The van der Waals surface area contributed by atoms with Gasteiger partial charge in [-0.25, -0.2) is 24.1 Å². The number of ether oxygens (including phenoxy) is 1. The summed E-state index contributed by atoms with van der Waals surface area (Å²) in [5, 5.41) is 20.3. The van der Waals surface area contributed by atoms with E-state index in [9.17, 15) is 24.2 Å². The molecule has 0 bridgehead atoms. The van der Waals surface area contributed by atoms with E-state index in [0.29, 0.717) is 0 Å². The summed E-state index contributed by atoms with van der Waals surface area (Å²) in [5.74, 6) is 0.0856. The van der Waals surface area contributed by atoms with Gasteiger partial charge in [-0.15, -0.1) is 0 Å². The Bertz CT molecular complexity index is 946. The van der Waals surface area contributed by atoms with E-state index in [1.165, 1.54) is 10.9 Å². The molecule has 1 unspecified atom stereocenters. The predicted octanol–water partition coefficient (Wildman–Crippen LogP) is -4.16. The molecule has 17 nitrogen and oxygen atoms in total. The fraction of sp³-hybridized carbons (Fsp3) is 0.500. The topological polar surface area (TPSA) is 296 Å². The maximum absolute atomic E-state index is 11.5. The first-order valence-electron chi connectivity index (χ1n) is 7.17. The van der Waals surface area contributed by atoms with Crippen molar-refractivity contribution in [3.8, 4) is 0 Å². The molecule has 2 aromatic rings. The van der Waals surface area contributed by atoms with E-state index in [0.717, 1.165) is 6.33 Å². The van der Waals surface area contributed by atoms with Crippen LogP contribution >= 0.6 is 15.6 Å². The molecule has 31 heavy (non-hydrogen) atoms. The molecule has 0 spiro atoms. The molecule has 1 saturated heterocycles. The fourth-order valence-electron chi connectivity index (χ4n) is 2.48. The fourth-order valence-corrected chi connectivity index (χ4v) is 4.08. The van der Waals surface area contributed by atoms with Gasteiger partial charge in [0.25, 0.3) is 0 Å². The summed E-state index contributed by atoms with van der Waals surface area (Å²) in [6, 6.07) is 0. The largest absolute Gasteiger partial charge is 0.481 e. The number of rotatable bonds is 6. The first-order valence-corrected chi connectivity index (χ1v) is 10.2. The Morgan fingerprint density at radius 1 is 1.10 bits per heavy atom. The van der Waals surface area contributed by atoms with Crippen LogP contribution < -0.4 is 5.73 Å². The van der Waals surface area contributed by atoms with Crippen LogP contribution in [0.5, 0.6) is 0 Å². The Hall–Kier alpha value is 0.410. The maximum atomic E-state index is 11.5. The van der Waals surface area contributed by atoms with Crippen molar-refractivity contribution in [3.63, 3.8) is 0 Å². The molecule has 1 fully saturated rings. The minimum atomic E-state index is -5.29. The Balaban J connectivity index is 0. The number of phosphoric ester groups is 1. The third kappa shape index (κ3) is 7.99. The monoisotopic (exact) mass is 509 g/mol. The molecule has 5 atom stereocenters. The van der Waals surface area contributed by atoms with Crippen LogP contribution in [0.2, 0.25) is 0 Å². The molecule has 11 N–H and O–H groups in total. The van der Waals surface area contributed by atoms with E-state index in [-0.39, 0.29) is 87.0 Å². The van der Waals surface area contributed by atoms with Crippen LogP contribution in [0, 0.1) is 0 Å². The number of nitrogens with two attached hydrogens (primary N) is 1. The Morgan fingerprint density at radius 3 is 2.29 bits per heavy atom. The Morgan fingerprint density at radius 2 is 1.71 bits per heavy atom. The molecule has 3 heterocycles. The van der Waals surface area contributed by atoms with Gasteiger partial charge in [-0.2, -0.15) is 4.31 Å². The third-order valence-corrected chi connectivity index (χ3v) is 5.76. The molecule has 0 aliphatic carbocycles. The summed E-state index contributed by atoms with van der Waals surface area (Å²) in [7, 11) is -10.4. The van der Waals surface area contributed by atoms with Crippen molar-refractivity contribution < 1.29 is 58.5 Å². The Labute approximate surface area is 218 Å². The molecule has 3 rings (SSSR count). The summed E-state index contributed by atoms with van der Waals surface area (Å²) in [6.07, 6.45) is -3.20. The van der Waals surface area contributed by atoms with E-state index >= 15 is 0 Å². The van der Waals surface area contributed by atoms with Gasteiger partial charge in [-0.3, -0.25) is 9.09 Å². The van der Waals surface area contributed by atoms with Gasteiger partial charge in [0, 0.05) is 59.1 Å². The minimum Gasteiger partial charge on any atom is -0.412 e. The number of aromatic nitrogens is 4. The zero-order chi connectivity index (χ0) is 20.0. The van der Waals surface area contributed by atoms with Crippen molar-refractivity contribution in [2.75, 3.05) is 12.3 Å². The van der Waals surface area contributed by atoms with Crippen LogP contribution in [0.25, 0.3) is 11.2 Å². The number of nitrogens with zero attached hydrogens (tertiary/aromatic N) is 4. The van der Waals surface area contributed by atoms with E-state index < -0.39 is 46.8 Å². The number of anilines is 1. The third-order valence-electron chi connectivity index (χ3n) is 3.61.